The molecule has 0 amide bonds. The Balaban J connectivity index is 1.63. The van der Waals surface area contributed by atoms with Crippen molar-refractivity contribution in [2.45, 2.75) is 64.8 Å². The topological polar surface area (TPSA) is 39.7 Å². The quantitative estimate of drug-likeness (QED) is 0.444. The molecular weight excluding hydrogens is 296 g/mol. The third kappa shape index (κ3) is 6.84. The molecule has 4 nitrogen and oxygen atoms in total. The van der Waals surface area contributed by atoms with Crippen LogP contribution in [0.5, 0.6) is 0 Å². The van der Waals surface area contributed by atoms with E-state index in [4.69, 9.17) is 0 Å². The molecule has 1 saturated carbocycles. The fraction of sp³-hybridized carbons (Fsp3) is 0.850. The third-order valence-corrected chi connectivity index (χ3v) is 5.54. The second kappa shape index (κ2) is 10.1. The lowest BCUT2D eigenvalue weighted by Crippen LogP contribution is -2.49. The summed E-state index contributed by atoms with van der Waals surface area (Å²) in [4.78, 5) is 6.91. The SMILES string of the molecule is C=C(C)CN1CCC(NC(=NC)NCCC2CCCC(C)C2)CC1. The molecule has 4 heteroatoms. The Morgan fingerprint density at radius 1 is 1.21 bits per heavy atom. The summed E-state index contributed by atoms with van der Waals surface area (Å²) >= 11 is 0. The Labute approximate surface area is 149 Å². The summed E-state index contributed by atoms with van der Waals surface area (Å²) in [7, 11) is 1.88. The van der Waals surface area contributed by atoms with Gasteiger partial charge in [-0.3, -0.25) is 9.89 Å². The van der Waals surface area contributed by atoms with Gasteiger partial charge >= 0.3 is 0 Å². The van der Waals surface area contributed by atoms with Gasteiger partial charge in [0.2, 0.25) is 0 Å². The molecule has 0 bridgehead atoms. The molecule has 2 aliphatic rings. The molecule has 2 unspecified atom stereocenters. The molecule has 2 fully saturated rings. The summed E-state index contributed by atoms with van der Waals surface area (Å²) in [6.45, 7) is 12.9. The van der Waals surface area contributed by atoms with Gasteiger partial charge < -0.3 is 10.6 Å². The third-order valence-electron chi connectivity index (χ3n) is 5.54. The zero-order valence-corrected chi connectivity index (χ0v) is 16.1. The van der Waals surface area contributed by atoms with E-state index in [-0.39, 0.29) is 0 Å². The molecule has 2 rings (SSSR count). The number of hydrogen-bond donors (Lipinski definition) is 2. The molecule has 1 saturated heterocycles. The number of piperidine rings is 1. The average molecular weight is 335 g/mol. The summed E-state index contributed by atoms with van der Waals surface area (Å²) in [6, 6.07) is 0.548. The van der Waals surface area contributed by atoms with Crippen molar-refractivity contribution in [3.05, 3.63) is 12.2 Å². The van der Waals surface area contributed by atoms with Gasteiger partial charge in [-0.2, -0.15) is 0 Å². The fourth-order valence-corrected chi connectivity index (χ4v) is 4.22. The lowest BCUT2D eigenvalue weighted by atomic mass is 9.81. The van der Waals surface area contributed by atoms with Crippen molar-refractivity contribution in [1.82, 2.24) is 15.5 Å². The summed E-state index contributed by atoms with van der Waals surface area (Å²) in [5.74, 6) is 2.81. The highest BCUT2D eigenvalue weighted by molar-refractivity contribution is 5.79. The Bertz CT molecular complexity index is 410. The average Bonchev–Trinajstić information content (AvgIpc) is 2.55. The molecule has 0 spiro atoms. The molecule has 24 heavy (non-hydrogen) atoms. The van der Waals surface area contributed by atoms with Crippen LogP contribution in [-0.4, -0.2) is 50.1 Å². The number of nitrogens with zero attached hydrogens (tertiary/aromatic N) is 2. The number of aliphatic imine (C=N–C) groups is 1. The van der Waals surface area contributed by atoms with Crippen molar-refractivity contribution < 1.29 is 0 Å². The smallest absolute Gasteiger partial charge is 0.191 e. The highest BCUT2D eigenvalue weighted by Crippen LogP contribution is 2.30. The van der Waals surface area contributed by atoms with Crippen LogP contribution in [0, 0.1) is 11.8 Å². The predicted octanol–water partition coefficient (Wildman–Crippen LogP) is 3.41. The molecule has 1 aliphatic heterocycles. The number of rotatable bonds is 6. The monoisotopic (exact) mass is 334 g/mol. The van der Waals surface area contributed by atoms with Gasteiger partial charge in [0.25, 0.3) is 0 Å². The van der Waals surface area contributed by atoms with Crippen molar-refractivity contribution >= 4 is 5.96 Å². The molecule has 1 aliphatic carbocycles. The van der Waals surface area contributed by atoms with E-state index in [9.17, 15) is 0 Å². The standard InChI is InChI=1S/C20H38N4/c1-16(2)15-24-12-9-19(10-13-24)23-20(21-4)22-11-8-18-7-5-6-17(3)14-18/h17-19H,1,5-15H2,2-4H3,(H2,21,22,23). The van der Waals surface area contributed by atoms with Crippen molar-refractivity contribution in [3.8, 4) is 0 Å². The predicted molar refractivity (Wildman–Crippen MR) is 105 cm³/mol. The largest absolute Gasteiger partial charge is 0.356 e. The minimum absolute atomic E-state index is 0.548. The summed E-state index contributed by atoms with van der Waals surface area (Å²) in [5.41, 5.74) is 1.26. The number of guanidine groups is 1. The van der Waals surface area contributed by atoms with E-state index in [2.05, 4.69) is 41.0 Å². The zero-order chi connectivity index (χ0) is 17.4. The van der Waals surface area contributed by atoms with Crippen LogP contribution >= 0.6 is 0 Å². The van der Waals surface area contributed by atoms with Crippen molar-refractivity contribution in [2.75, 3.05) is 33.2 Å². The highest BCUT2D eigenvalue weighted by atomic mass is 15.2. The van der Waals surface area contributed by atoms with Gasteiger partial charge in [-0.15, -0.1) is 0 Å². The van der Waals surface area contributed by atoms with Crippen molar-refractivity contribution in [1.29, 1.82) is 0 Å². The normalized spacial score (nSPS) is 27.0. The minimum atomic E-state index is 0.548. The van der Waals surface area contributed by atoms with Crippen LogP contribution < -0.4 is 10.6 Å². The van der Waals surface area contributed by atoms with E-state index >= 15 is 0 Å². The van der Waals surface area contributed by atoms with Crippen molar-refractivity contribution in [3.63, 3.8) is 0 Å². The van der Waals surface area contributed by atoms with E-state index in [1.807, 2.05) is 7.05 Å². The van der Waals surface area contributed by atoms with E-state index in [0.29, 0.717) is 6.04 Å². The van der Waals surface area contributed by atoms with Gasteiger partial charge in [0.15, 0.2) is 5.96 Å². The number of likely N-dealkylation sites (tertiary alicyclic amines) is 1. The molecule has 1 heterocycles. The van der Waals surface area contributed by atoms with Crippen LogP contribution in [0.1, 0.15) is 58.8 Å². The molecule has 0 radical (unpaired) electrons. The second-order valence-electron chi connectivity index (χ2n) is 8.08. The summed E-state index contributed by atoms with van der Waals surface area (Å²) in [6.07, 6.45) is 9.33. The van der Waals surface area contributed by atoms with Gasteiger partial charge in [-0.05, 0) is 44.4 Å². The lowest BCUT2D eigenvalue weighted by molar-refractivity contribution is 0.221. The molecular formula is C20H38N4. The summed E-state index contributed by atoms with van der Waals surface area (Å²) in [5, 5.41) is 7.15. The first kappa shape index (κ1) is 19.3. The molecule has 138 valence electrons. The van der Waals surface area contributed by atoms with Crippen LogP contribution in [0.4, 0.5) is 0 Å². The first-order valence-corrected chi connectivity index (χ1v) is 9.90. The van der Waals surface area contributed by atoms with Crippen LogP contribution in [0.15, 0.2) is 17.1 Å². The Kier molecular flexibility index (Phi) is 8.10. The Hall–Kier alpha value is -1.03. The maximum absolute atomic E-state index is 4.41. The van der Waals surface area contributed by atoms with Gasteiger partial charge in [0, 0.05) is 39.3 Å². The van der Waals surface area contributed by atoms with Gasteiger partial charge in [0.1, 0.15) is 0 Å². The molecule has 2 atom stereocenters. The minimum Gasteiger partial charge on any atom is -0.356 e. The zero-order valence-electron chi connectivity index (χ0n) is 16.1. The molecule has 0 aromatic heterocycles. The van der Waals surface area contributed by atoms with Gasteiger partial charge in [0.05, 0.1) is 0 Å². The second-order valence-corrected chi connectivity index (χ2v) is 8.08. The number of nitrogens with one attached hydrogen (secondary N) is 2. The van der Waals surface area contributed by atoms with Crippen LogP contribution in [0.25, 0.3) is 0 Å². The van der Waals surface area contributed by atoms with Gasteiger partial charge in [-0.25, -0.2) is 0 Å². The number of hydrogen-bond acceptors (Lipinski definition) is 2. The Morgan fingerprint density at radius 3 is 2.58 bits per heavy atom. The maximum Gasteiger partial charge on any atom is 0.191 e. The fourth-order valence-electron chi connectivity index (χ4n) is 4.22. The van der Waals surface area contributed by atoms with Gasteiger partial charge in [-0.1, -0.05) is 38.3 Å². The first-order valence-electron chi connectivity index (χ1n) is 9.90. The van der Waals surface area contributed by atoms with Crippen LogP contribution in [-0.2, 0) is 0 Å². The van der Waals surface area contributed by atoms with E-state index in [1.165, 1.54) is 50.5 Å². The molecule has 2 N–H and O–H groups in total. The maximum atomic E-state index is 4.41. The van der Waals surface area contributed by atoms with Crippen LogP contribution in [0.3, 0.4) is 0 Å². The van der Waals surface area contributed by atoms with E-state index < -0.39 is 0 Å². The summed E-state index contributed by atoms with van der Waals surface area (Å²) < 4.78 is 0. The molecule has 0 aromatic carbocycles. The molecule has 0 aromatic rings. The van der Waals surface area contributed by atoms with Crippen LogP contribution in [0.2, 0.25) is 0 Å². The van der Waals surface area contributed by atoms with E-state index in [0.717, 1.165) is 44.0 Å². The first-order chi connectivity index (χ1) is 11.6. The van der Waals surface area contributed by atoms with E-state index in [1.54, 1.807) is 0 Å². The van der Waals surface area contributed by atoms with Crippen molar-refractivity contribution in [2.24, 2.45) is 16.8 Å². The lowest BCUT2D eigenvalue weighted by Gasteiger charge is -2.33. The highest BCUT2D eigenvalue weighted by Gasteiger charge is 2.21. The Morgan fingerprint density at radius 2 is 1.96 bits per heavy atom.